The van der Waals surface area contributed by atoms with E-state index in [9.17, 15) is 9.59 Å². The summed E-state index contributed by atoms with van der Waals surface area (Å²) in [6, 6.07) is 0. The van der Waals surface area contributed by atoms with E-state index in [4.69, 9.17) is 0 Å². The standard InChI is InChI=1S/C9H16O4S2/c1-12-8(10)6(14)4-3-5-7(15)9(11)13-2/h6-7,14-15H,3-5H2,1-2H3. The van der Waals surface area contributed by atoms with E-state index in [2.05, 4.69) is 34.7 Å². The second-order valence-electron chi connectivity index (χ2n) is 3.01. The summed E-state index contributed by atoms with van der Waals surface area (Å²) in [7, 11) is 2.64. The van der Waals surface area contributed by atoms with Crippen molar-refractivity contribution < 1.29 is 19.1 Å². The summed E-state index contributed by atoms with van der Waals surface area (Å²) in [4.78, 5) is 21.9. The molecule has 0 fully saturated rings. The number of hydrogen-bond donors (Lipinski definition) is 2. The second kappa shape index (κ2) is 7.87. The van der Waals surface area contributed by atoms with Crippen molar-refractivity contribution in [1.82, 2.24) is 0 Å². The first-order valence-corrected chi connectivity index (χ1v) is 5.58. The molecule has 0 radical (unpaired) electrons. The predicted octanol–water partition coefficient (Wildman–Crippen LogP) is 1.10. The number of esters is 2. The fraction of sp³-hybridized carbons (Fsp3) is 0.778. The number of thiol groups is 2. The van der Waals surface area contributed by atoms with Crippen LogP contribution in [0, 0.1) is 0 Å². The highest BCUT2D eigenvalue weighted by molar-refractivity contribution is 7.82. The van der Waals surface area contributed by atoms with Crippen molar-refractivity contribution in [1.29, 1.82) is 0 Å². The monoisotopic (exact) mass is 252 g/mol. The van der Waals surface area contributed by atoms with Crippen LogP contribution in [-0.4, -0.2) is 36.7 Å². The number of ether oxygens (including phenoxy) is 2. The minimum Gasteiger partial charge on any atom is -0.468 e. The molecule has 0 heterocycles. The molecule has 0 aromatic heterocycles. The fourth-order valence-corrected chi connectivity index (χ4v) is 1.59. The van der Waals surface area contributed by atoms with E-state index in [1.165, 1.54) is 14.2 Å². The first-order valence-electron chi connectivity index (χ1n) is 4.54. The summed E-state index contributed by atoms with van der Waals surface area (Å²) in [5.74, 6) is -0.709. The Morgan fingerprint density at radius 3 is 1.60 bits per heavy atom. The van der Waals surface area contributed by atoms with Crippen molar-refractivity contribution >= 4 is 37.2 Å². The van der Waals surface area contributed by atoms with Gasteiger partial charge in [-0.2, -0.15) is 25.3 Å². The van der Waals surface area contributed by atoms with E-state index in [0.717, 1.165) is 0 Å². The summed E-state index contributed by atoms with van der Waals surface area (Å²) in [5.41, 5.74) is 0. The molecule has 2 unspecified atom stereocenters. The van der Waals surface area contributed by atoms with Crippen molar-refractivity contribution in [2.45, 2.75) is 29.8 Å². The van der Waals surface area contributed by atoms with Gasteiger partial charge in [0.2, 0.25) is 0 Å². The van der Waals surface area contributed by atoms with Crippen LogP contribution >= 0.6 is 25.3 Å². The van der Waals surface area contributed by atoms with Gasteiger partial charge >= 0.3 is 11.9 Å². The summed E-state index contributed by atoms with van der Waals surface area (Å²) < 4.78 is 9.02. The largest absolute Gasteiger partial charge is 0.468 e. The van der Waals surface area contributed by atoms with E-state index in [1.54, 1.807) is 0 Å². The Hall–Kier alpha value is -0.360. The van der Waals surface area contributed by atoms with Gasteiger partial charge in [-0.05, 0) is 12.8 Å². The van der Waals surface area contributed by atoms with Crippen LogP contribution in [0.15, 0.2) is 0 Å². The van der Waals surface area contributed by atoms with E-state index >= 15 is 0 Å². The molecule has 15 heavy (non-hydrogen) atoms. The molecule has 4 nitrogen and oxygen atoms in total. The lowest BCUT2D eigenvalue weighted by atomic mass is 10.1. The molecule has 0 aliphatic rings. The van der Waals surface area contributed by atoms with Crippen LogP contribution in [0.25, 0.3) is 0 Å². The van der Waals surface area contributed by atoms with Gasteiger partial charge in [-0.1, -0.05) is 6.42 Å². The van der Waals surface area contributed by atoms with Crippen LogP contribution in [0.3, 0.4) is 0 Å². The number of carbonyl (C=O) groups is 2. The summed E-state index contributed by atoms with van der Waals surface area (Å²) >= 11 is 8.13. The molecule has 0 aliphatic carbocycles. The summed E-state index contributed by atoms with van der Waals surface area (Å²) in [5, 5.41) is -0.874. The van der Waals surface area contributed by atoms with Crippen LogP contribution in [0.5, 0.6) is 0 Å². The summed E-state index contributed by atoms with van der Waals surface area (Å²) in [6.07, 6.45) is 1.79. The van der Waals surface area contributed by atoms with Crippen molar-refractivity contribution in [2.24, 2.45) is 0 Å². The Morgan fingerprint density at radius 1 is 1.00 bits per heavy atom. The molecule has 0 bridgehead atoms. The molecule has 0 aromatic rings. The second-order valence-corrected chi connectivity index (χ2v) is 4.26. The Balaban J connectivity index is 3.70. The molecule has 0 saturated heterocycles. The fourth-order valence-electron chi connectivity index (χ4n) is 1.01. The Morgan fingerprint density at radius 2 is 1.33 bits per heavy atom. The SMILES string of the molecule is COC(=O)C(S)CCCC(S)C(=O)OC. The molecular formula is C9H16O4S2. The zero-order valence-electron chi connectivity index (χ0n) is 8.80. The third-order valence-electron chi connectivity index (χ3n) is 1.90. The van der Waals surface area contributed by atoms with Gasteiger partial charge in [-0.3, -0.25) is 9.59 Å². The van der Waals surface area contributed by atoms with Crippen molar-refractivity contribution in [3.63, 3.8) is 0 Å². The Bertz CT molecular complexity index is 198. The lowest BCUT2D eigenvalue weighted by Gasteiger charge is -2.10. The third kappa shape index (κ3) is 5.94. The lowest BCUT2D eigenvalue weighted by Crippen LogP contribution is -2.19. The first kappa shape index (κ1) is 14.6. The Kier molecular flexibility index (Phi) is 7.68. The highest BCUT2D eigenvalue weighted by Gasteiger charge is 2.17. The predicted molar refractivity (Wildman–Crippen MR) is 63.4 cm³/mol. The maximum Gasteiger partial charge on any atom is 0.318 e. The molecule has 0 saturated carbocycles. The average molecular weight is 252 g/mol. The van der Waals surface area contributed by atoms with Crippen molar-refractivity contribution in [2.75, 3.05) is 14.2 Å². The van der Waals surface area contributed by atoms with Gasteiger partial charge in [0.15, 0.2) is 0 Å². The zero-order valence-corrected chi connectivity index (χ0v) is 10.6. The highest BCUT2D eigenvalue weighted by Crippen LogP contribution is 2.13. The highest BCUT2D eigenvalue weighted by atomic mass is 32.1. The van der Waals surface area contributed by atoms with Gasteiger partial charge < -0.3 is 9.47 Å². The van der Waals surface area contributed by atoms with Gasteiger partial charge in [-0.25, -0.2) is 0 Å². The van der Waals surface area contributed by atoms with Crippen molar-refractivity contribution in [3.8, 4) is 0 Å². The van der Waals surface area contributed by atoms with E-state index in [0.29, 0.717) is 19.3 Å². The topological polar surface area (TPSA) is 52.6 Å². The van der Waals surface area contributed by atoms with Gasteiger partial charge in [0, 0.05) is 0 Å². The maximum atomic E-state index is 11.0. The molecular weight excluding hydrogens is 236 g/mol. The molecule has 6 heteroatoms. The molecule has 0 amide bonds. The van der Waals surface area contributed by atoms with E-state index in [1.807, 2.05) is 0 Å². The molecule has 88 valence electrons. The first-order chi connectivity index (χ1) is 7.02. The molecule has 0 N–H and O–H groups in total. The number of carbonyl (C=O) groups excluding carboxylic acids is 2. The molecule has 0 rings (SSSR count). The zero-order chi connectivity index (χ0) is 11.8. The van der Waals surface area contributed by atoms with E-state index in [-0.39, 0.29) is 11.9 Å². The third-order valence-corrected chi connectivity index (χ3v) is 2.84. The number of methoxy groups -OCH3 is 2. The van der Waals surface area contributed by atoms with Crippen LogP contribution in [-0.2, 0) is 19.1 Å². The minimum atomic E-state index is -0.437. The molecule has 0 spiro atoms. The quantitative estimate of drug-likeness (QED) is 0.549. The van der Waals surface area contributed by atoms with Gasteiger partial charge in [0.05, 0.1) is 24.7 Å². The average Bonchev–Trinajstić information content (AvgIpc) is 2.26. The summed E-state index contributed by atoms with van der Waals surface area (Å²) in [6.45, 7) is 0. The maximum absolute atomic E-state index is 11.0. The van der Waals surface area contributed by atoms with Gasteiger partial charge in [-0.15, -0.1) is 0 Å². The van der Waals surface area contributed by atoms with E-state index < -0.39 is 10.5 Å². The molecule has 0 aliphatic heterocycles. The number of hydrogen-bond acceptors (Lipinski definition) is 6. The van der Waals surface area contributed by atoms with Crippen LogP contribution in [0.2, 0.25) is 0 Å². The Labute approximate surface area is 101 Å². The van der Waals surface area contributed by atoms with Crippen molar-refractivity contribution in [3.05, 3.63) is 0 Å². The van der Waals surface area contributed by atoms with Crippen LogP contribution in [0.4, 0.5) is 0 Å². The molecule has 0 aromatic carbocycles. The lowest BCUT2D eigenvalue weighted by molar-refractivity contribution is -0.140. The molecule has 2 atom stereocenters. The van der Waals surface area contributed by atoms with Gasteiger partial charge in [0.1, 0.15) is 0 Å². The normalized spacial score (nSPS) is 14.1. The van der Waals surface area contributed by atoms with Crippen LogP contribution in [0.1, 0.15) is 19.3 Å². The minimum absolute atomic E-state index is 0.355. The van der Waals surface area contributed by atoms with Crippen LogP contribution < -0.4 is 0 Å². The smallest absolute Gasteiger partial charge is 0.318 e. The number of rotatable bonds is 6. The van der Waals surface area contributed by atoms with Gasteiger partial charge in [0.25, 0.3) is 0 Å².